The molecule has 0 aromatic heterocycles. The Hall–Kier alpha value is -0.950. The van der Waals surface area contributed by atoms with E-state index in [0.717, 1.165) is 0 Å². The first-order valence-electron chi connectivity index (χ1n) is 3.22. The molecular weight excluding hydrogens is 160 g/mol. The predicted octanol–water partition coefficient (Wildman–Crippen LogP) is 2.62. The Balaban J connectivity index is 2.45. The fourth-order valence-corrected chi connectivity index (χ4v) is 0.677. The lowest BCUT2D eigenvalue weighted by molar-refractivity contribution is 0.359. The number of ether oxygens (including phenoxy) is 1. The maximum absolute atomic E-state index is 5.49. The van der Waals surface area contributed by atoms with Crippen molar-refractivity contribution in [2.45, 2.75) is 0 Å². The van der Waals surface area contributed by atoms with E-state index < -0.39 is 0 Å². The van der Waals surface area contributed by atoms with Gasteiger partial charge >= 0.3 is 0 Å². The Labute approximate surface area is 71.3 Å². The van der Waals surface area contributed by atoms with Crippen molar-refractivity contribution >= 4 is 11.6 Å². The molecule has 1 aromatic carbocycles. The summed E-state index contributed by atoms with van der Waals surface area (Å²) in [6.07, 6.45) is 0. The third-order valence-corrected chi connectivity index (χ3v) is 1.17. The second kappa shape index (κ2) is 4.04. The van der Waals surface area contributed by atoms with Crippen LogP contribution in [0.5, 0.6) is 5.75 Å². The lowest BCUT2D eigenvalue weighted by Crippen LogP contribution is -1.95. The lowest BCUT2D eigenvalue weighted by Gasteiger charge is -2.02. The number of halogens is 1. The summed E-state index contributed by atoms with van der Waals surface area (Å²) in [7, 11) is 0. The molecule has 2 heteroatoms. The van der Waals surface area contributed by atoms with E-state index in [0.29, 0.717) is 17.4 Å². The summed E-state index contributed by atoms with van der Waals surface area (Å²) in [5.74, 6) is 0.689. The molecule has 0 fully saturated rings. The summed E-state index contributed by atoms with van der Waals surface area (Å²) in [6.45, 7) is 3.83. The van der Waals surface area contributed by atoms with Crippen LogP contribution in [0.1, 0.15) is 0 Å². The Morgan fingerprint density at radius 2 is 2.45 bits per heavy atom. The van der Waals surface area contributed by atoms with Crippen molar-refractivity contribution in [3.63, 3.8) is 0 Å². The van der Waals surface area contributed by atoms with Gasteiger partial charge in [0.15, 0.2) is 0 Å². The zero-order chi connectivity index (χ0) is 8.10. The van der Waals surface area contributed by atoms with Crippen LogP contribution in [0.4, 0.5) is 0 Å². The summed E-state index contributed by atoms with van der Waals surface area (Å²) in [4.78, 5) is 0. The van der Waals surface area contributed by atoms with Gasteiger partial charge in [-0.05, 0) is 6.07 Å². The minimum absolute atomic E-state index is 0.335. The van der Waals surface area contributed by atoms with Gasteiger partial charge in [-0.2, -0.15) is 0 Å². The van der Waals surface area contributed by atoms with Crippen LogP contribution in [0, 0.1) is 6.07 Å². The van der Waals surface area contributed by atoms with E-state index in [9.17, 15) is 0 Å². The SMILES string of the molecule is C=C(Cl)COc1[c]cccc1. The van der Waals surface area contributed by atoms with Gasteiger partial charge in [0, 0.05) is 11.1 Å². The zero-order valence-corrected chi connectivity index (χ0v) is 6.77. The van der Waals surface area contributed by atoms with Crippen LogP contribution in [0.3, 0.4) is 0 Å². The van der Waals surface area contributed by atoms with Crippen molar-refractivity contribution in [2.75, 3.05) is 6.61 Å². The fraction of sp³-hybridized carbons (Fsp3) is 0.111. The highest BCUT2D eigenvalue weighted by Gasteiger charge is 1.91. The Morgan fingerprint density at radius 1 is 1.64 bits per heavy atom. The molecule has 0 saturated carbocycles. The molecule has 0 saturated heterocycles. The maximum Gasteiger partial charge on any atom is 0.127 e. The molecule has 0 heterocycles. The molecule has 0 amide bonds. The molecule has 0 spiro atoms. The van der Waals surface area contributed by atoms with Crippen LogP contribution < -0.4 is 4.74 Å². The quantitative estimate of drug-likeness (QED) is 0.673. The molecule has 0 N–H and O–H groups in total. The molecule has 0 aliphatic heterocycles. The highest BCUT2D eigenvalue weighted by Crippen LogP contribution is 2.09. The number of para-hydroxylation sites is 1. The van der Waals surface area contributed by atoms with Crippen molar-refractivity contribution in [1.29, 1.82) is 0 Å². The Kier molecular flexibility index (Phi) is 2.99. The van der Waals surface area contributed by atoms with Crippen molar-refractivity contribution in [3.05, 3.63) is 41.9 Å². The third kappa shape index (κ3) is 3.10. The largest absolute Gasteiger partial charge is 0.487 e. The van der Waals surface area contributed by atoms with E-state index in [-0.39, 0.29) is 0 Å². The lowest BCUT2D eigenvalue weighted by atomic mass is 10.3. The smallest absolute Gasteiger partial charge is 0.127 e. The number of benzene rings is 1. The molecule has 1 radical (unpaired) electrons. The Bertz CT molecular complexity index is 231. The van der Waals surface area contributed by atoms with Crippen LogP contribution >= 0.6 is 11.6 Å². The van der Waals surface area contributed by atoms with E-state index in [1.165, 1.54) is 0 Å². The van der Waals surface area contributed by atoms with Crippen LogP contribution in [0.15, 0.2) is 35.9 Å². The van der Waals surface area contributed by atoms with Gasteiger partial charge in [-0.25, -0.2) is 0 Å². The molecule has 1 aromatic rings. The molecule has 1 nitrogen and oxygen atoms in total. The minimum Gasteiger partial charge on any atom is -0.487 e. The average molecular weight is 168 g/mol. The van der Waals surface area contributed by atoms with Crippen LogP contribution in [0.25, 0.3) is 0 Å². The van der Waals surface area contributed by atoms with E-state index in [2.05, 4.69) is 12.6 Å². The second-order valence-electron chi connectivity index (χ2n) is 2.03. The first-order chi connectivity index (χ1) is 5.29. The summed E-state index contributed by atoms with van der Waals surface area (Å²) >= 11 is 5.49. The van der Waals surface area contributed by atoms with E-state index in [4.69, 9.17) is 16.3 Å². The van der Waals surface area contributed by atoms with Crippen molar-refractivity contribution in [2.24, 2.45) is 0 Å². The van der Waals surface area contributed by atoms with E-state index >= 15 is 0 Å². The molecule has 11 heavy (non-hydrogen) atoms. The second-order valence-corrected chi connectivity index (χ2v) is 2.57. The average Bonchev–Trinajstić information content (AvgIpc) is 2.03. The normalized spacial score (nSPS) is 9.18. The third-order valence-electron chi connectivity index (χ3n) is 1.06. The van der Waals surface area contributed by atoms with Gasteiger partial charge in [0.1, 0.15) is 12.4 Å². The van der Waals surface area contributed by atoms with E-state index in [1.807, 2.05) is 18.2 Å². The van der Waals surface area contributed by atoms with Gasteiger partial charge in [0.05, 0.1) is 0 Å². The fourth-order valence-electron chi connectivity index (χ4n) is 0.623. The molecule has 0 aliphatic rings. The van der Waals surface area contributed by atoms with Gasteiger partial charge in [0.25, 0.3) is 0 Å². The van der Waals surface area contributed by atoms with Gasteiger partial charge in [-0.3, -0.25) is 0 Å². The summed E-state index contributed by atoms with van der Waals surface area (Å²) in [5, 5.41) is 0.488. The highest BCUT2D eigenvalue weighted by atomic mass is 35.5. The molecule has 57 valence electrons. The zero-order valence-electron chi connectivity index (χ0n) is 6.01. The number of hydrogen-bond acceptors (Lipinski definition) is 1. The highest BCUT2D eigenvalue weighted by molar-refractivity contribution is 6.29. The number of hydrogen-bond donors (Lipinski definition) is 0. The minimum atomic E-state index is 0.335. The summed E-state index contributed by atoms with van der Waals surface area (Å²) < 4.78 is 5.18. The number of rotatable bonds is 3. The molecule has 1 rings (SSSR count). The molecule has 0 bridgehead atoms. The van der Waals surface area contributed by atoms with E-state index in [1.54, 1.807) is 6.07 Å². The summed E-state index contributed by atoms with van der Waals surface area (Å²) in [5.41, 5.74) is 0. The molecule has 0 aliphatic carbocycles. The topological polar surface area (TPSA) is 9.23 Å². The van der Waals surface area contributed by atoms with Crippen LogP contribution in [-0.4, -0.2) is 6.61 Å². The van der Waals surface area contributed by atoms with Crippen LogP contribution in [0.2, 0.25) is 0 Å². The van der Waals surface area contributed by atoms with Gasteiger partial charge in [-0.1, -0.05) is 36.4 Å². The molecular formula is C9H8ClO. The maximum atomic E-state index is 5.49. The van der Waals surface area contributed by atoms with Crippen molar-refractivity contribution < 1.29 is 4.74 Å². The predicted molar refractivity (Wildman–Crippen MR) is 45.8 cm³/mol. The first kappa shape index (κ1) is 8.15. The van der Waals surface area contributed by atoms with Crippen molar-refractivity contribution in [3.8, 4) is 5.75 Å². The molecule has 0 atom stereocenters. The van der Waals surface area contributed by atoms with Gasteiger partial charge < -0.3 is 4.74 Å². The van der Waals surface area contributed by atoms with Gasteiger partial charge in [0.2, 0.25) is 0 Å². The van der Waals surface area contributed by atoms with Crippen LogP contribution in [-0.2, 0) is 0 Å². The van der Waals surface area contributed by atoms with Crippen molar-refractivity contribution in [1.82, 2.24) is 0 Å². The first-order valence-corrected chi connectivity index (χ1v) is 3.59. The summed E-state index contributed by atoms with van der Waals surface area (Å²) in [6, 6.07) is 10.3. The standard InChI is InChI=1S/C9H8ClO/c1-8(10)7-11-9-5-3-2-4-6-9/h2-5H,1,7H2. The van der Waals surface area contributed by atoms with Gasteiger partial charge in [-0.15, -0.1) is 0 Å². The Morgan fingerprint density at radius 3 is 3.00 bits per heavy atom. The molecule has 0 unspecified atom stereocenters. The monoisotopic (exact) mass is 167 g/mol.